The second-order valence-corrected chi connectivity index (χ2v) is 8.12. The molecular formula is C19H25F3N2S. The predicted molar refractivity (Wildman–Crippen MR) is 99.6 cm³/mol. The number of thiazole rings is 1. The molecule has 0 unspecified atom stereocenters. The largest absolute Gasteiger partial charge is 0.427 e. The molecule has 0 atom stereocenters. The van der Waals surface area contributed by atoms with E-state index in [9.17, 15) is 13.2 Å². The van der Waals surface area contributed by atoms with Crippen molar-refractivity contribution in [2.45, 2.75) is 53.1 Å². The predicted octanol–water partition coefficient (Wildman–Crippen LogP) is 6.28. The maximum atomic E-state index is 13.5. The third kappa shape index (κ3) is 4.17. The molecule has 2 nitrogen and oxygen atoms in total. The van der Waals surface area contributed by atoms with Crippen LogP contribution in [0, 0.1) is 6.92 Å². The molecule has 138 valence electrons. The van der Waals surface area contributed by atoms with Crippen molar-refractivity contribution < 1.29 is 13.2 Å². The summed E-state index contributed by atoms with van der Waals surface area (Å²) in [5.41, 5.74) is 2.15. The summed E-state index contributed by atoms with van der Waals surface area (Å²) in [5.74, 6) is 0. The Morgan fingerprint density at radius 2 is 1.68 bits per heavy atom. The van der Waals surface area contributed by atoms with E-state index in [1.54, 1.807) is 6.07 Å². The minimum atomic E-state index is -4.40. The first-order valence-corrected chi connectivity index (χ1v) is 9.25. The highest BCUT2D eigenvalue weighted by Gasteiger charge is 2.39. The van der Waals surface area contributed by atoms with Gasteiger partial charge >= 0.3 is 6.18 Å². The molecule has 0 N–H and O–H groups in total. The Hall–Kier alpha value is -1.56. The third-order valence-corrected chi connectivity index (χ3v) is 5.63. The van der Waals surface area contributed by atoms with Gasteiger partial charge in [0.05, 0.1) is 10.7 Å². The number of alkyl halides is 3. The van der Waals surface area contributed by atoms with Gasteiger partial charge in [0.25, 0.3) is 0 Å². The number of halogens is 3. The van der Waals surface area contributed by atoms with Crippen LogP contribution in [0.1, 0.15) is 50.1 Å². The lowest BCUT2D eigenvalue weighted by atomic mass is 9.98. The Morgan fingerprint density at radius 3 is 2.12 bits per heavy atom. The topological polar surface area (TPSA) is 16.1 Å². The monoisotopic (exact) mass is 370 g/mol. The zero-order chi connectivity index (χ0) is 19.0. The summed E-state index contributed by atoms with van der Waals surface area (Å²) in [7, 11) is 0. The fraction of sp³-hybridized carbons (Fsp3) is 0.526. The molecule has 2 rings (SSSR count). The smallest absolute Gasteiger partial charge is 0.372 e. The molecule has 0 aliphatic rings. The standard InChI is InChI=1S/C19H25F3N2S/c1-7-24(8-2)14-10-9-13(11-12(14)3)15-16(19(20,21)22)25-17(23-15)18(4,5)6/h9-11H,7-8H2,1-6H3. The Kier molecular flexibility index (Phi) is 5.52. The molecule has 1 heterocycles. The van der Waals surface area contributed by atoms with Crippen LogP contribution in [-0.2, 0) is 11.6 Å². The molecule has 0 fully saturated rings. The molecule has 6 heteroatoms. The first kappa shape index (κ1) is 19.8. The van der Waals surface area contributed by atoms with Crippen LogP contribution in [0.4, 0.5) is 18.9 Å². The number of nitrogens with zero attached hydrogens (tertiary/aromatic N) is 2. The molecular weight excluding hydrogens is 345 g/mol. The highest BCUT2D eigenvalue weighted by molar-refractivity contribution is 7.12. The lowest BCUT2D eigenvalue weighted by molar-refractivity contribution is -0.134. The normalized spacial score (nSPS) is 12.5. The van der Waals surface area contributed by atoms with Gasteiger partial charge in [-0.3, -0.25) is 0 Å². The summed E-state index contributed by atoms with van der Waals surface area (Å²) >= 11 is 0.747. The number of aryl methyl sites for hydroxylation is 1. The van der Waals surface area contributed by atoms with E-state index in [0.29, 0.717) is 10.6 Å². The number of benzene rings is 1. The van der Waals surface area contributed by atoms with E-state index in [1.165, 1.54) is 0 Å². The minimum absolute atomic E-state index is 0.0385. The average Bonchev–Trinajstić information content (AvgIpc) is 2.95. The lowest BCUT2D eigenvalue weighted by Gasteiger charge is -2.23. The zero-order valence-electron chi connectivity index (χ0n) is 15.6. The van der Waals surface area contributed by atoms with Gasteiger partial charge in [0, 0.05) is 29.8 Å². The number of hydrogen-bond acceptors (Lipinski definition) is 3. The van der Waals surface area contributed by atoms with Crippen LogP contribution in [-0.4, -0.2) is 18.1 Å². The van der Waals surface area contributed by atoms with Gasteiger partial charge in [-0.2, -0.15) is 13.2 Å². The van der Waals surface area contributed by atoms with Crippen LogP contribution < -0.4 is 4.90 Å². The number of anilines is 1. The molecule has 2 aromatic rings. The number of hydrogen-bond donors (Lipinski definition) is 0. The van der Waals surface area contributed by atoms with Crippen LogP contribution in [0.3, 0.4) is 0 Å². The second-order valence-electron chi connectivity index (χ2n) is 7.12. The molecule has 0 spiro atoms. The van der Waals surface area contributed by atoms with Crippen LogP contribution in [0.5, 0.6) is 0 Å². The van der Waals surface area contributed by atoms with Gasteiger partial charge in [0.15, 0.2) is 0 Å². The molecule has 0 saturated heterocycles. The SMILES string of the molecule is CCN(CC)c1ccc(-c2nc(C(C)(C)C)sc2C(F)(F)F)cc1C. The van der Waals surface area contributed by atoms with Crippen LogP contribution in [0.15, 0.2) is 18.2 Å². The van der Waals surface area contributed by atoms with Crippen molar-refractivity contribution in [2.24, 2.45) is 0 Å². The molecule has 1 aromatic carbocycles. The summed E-state index contributed by atoms with van der Waals surface area (Å²) in [6.45, 7) is 13.4. The average molecular weight is 370 g/mol. The summed E-state index contributed by atoms with van der Waals surface area (Å²) < 4.78 is 40.5. The highest BCUT2D eigenvalue weighted by Crippen LogP contribution is 2.44. The van der Waals surface area contributed by atoms with Gasteiger partial charge in [-0.05, 0) is 38.5 Å². The fourth-order valence-electron chi connectivity index (χ4n) is 2.75. The van der Waals surface area contributed by atoms with Crippen molar-refractivity contribution >= 4 is 17.0 Å². The Balaban J connectivity index is 2.58. The molecule has 1 aromatic heterocycles. The Morgan fingerprint density at radius 1 is 1.08 bits per heavy atom. The Bertz CT molecular complexity index is 738. The molecule has 0 saturated carbocycles. The first-order chi connectivity index (χ1) is 11.5. The number of aromatic nitrogens is 1. The van der Waals surface area contributed by atoms with Crippen molar-refractivity contribution in [3.63, 3.8) is 0 Å². The lowest BCUT2D eigenvalue weighted by Crippen LogP contribution is -2.22. The van der Waals surface area contributed by atoms with Gasteiger partial charge in [-0.15, -0.1) is 11.3 Å². The zero-order valence-corrected chi connectivity index (χ0v) is 16.4. The maximum Gasteiger partial charge on any atom is 0.427 e. The maximum absolute atomic E-state index is 13.5. The van der Waals surface area contributed by atoms with E-state index in [1.807, 2.05) is 39.8 Å². The number of rotatable bonds is 4. The molecule has 0 aliphatic carbocycles. The minimum Gasteiger partial charge on any atom is -0.372 e. The van der Waals surface area contributed by atoms with Crippen LogP contribution in [0.25, 0.3) is 11.3 Å². The van der Waals surface area contributed by atoms with Crippen LogP contribution in [0.2, 0.25) is 0 Å². The van der Waals surface area contributed by atoms with E-state index in [-0.39, 0.29) is 5.69 Å². The van der Waals surface area contributed by atoms with E-state index in [0.717, 1.165) is 35.7 Å². The second kappa shape index (κ2) is 6.98. The van der Waals surface area contributed by atoms with Crippen molar-refractivity contribution in [2.75, 3.05) is 18.0 Å². The van der Waals surface area contributed by atoms with Crippen molar-refractivity contribution in [3.05, 3.63) is 33.6 Å². The Labute approximate surface area is 151 Å². The quantitative estimate of drug-likeness (QED) is 0.629. The van der Waals surface area contributed by atoms with Gasteiger partial charge < -0.3 is 4.90 Å². The van der Waals surface area contributed by atoms with E-state index >= 15 is 0 Å². The molecule has 0 amide bonds. The summed E-state index contributed by atoms with van der Waals surface area (Å²) in [6.07, 6.45) is -4.40. The van der Waals surface area contributed by atoms with Gasteiger partial charge in [-0.25, -0.2) is 4.98 Å². The van der Waals surface area contributed by atoms with Gasteiger partial charge in [0.1, 0.15) is 4.88 Å². The first-order valence-electron chi connectivity index (χ1n) is 8.43. The van der Waals surface area contributed by atoms with Gasteiger partial charge in [0.2, 0.25) is 0 Å². The third-order valence-electron chi connectivity index (χ3n) is 4.10. The molecule has 0 bridgehead atoms. The molecule has 0 aliphatic heterocycles. The van der Waals surface area contributed by atoms with Crippen molar-refractivity contribution in [3.8, 4) is 11.3 Å². The van der Waals surface area contributed by atoms with E-state index in [4.69, 9.17) is 0 Å². The highest BCUT2D eigenvalue weighted by atomic mass is 32.1. The molecule has 0 radical (unpaired) electrons. The van der Waals surface area contributed by atoms with Crippen molar-refractivity contribution in [1.29, 1.82) is 0 Å². The van der Waals surface area contributed by atoms with E-state index in [2.05, 4.69) is 23.7 Å². The summed E-state index contributed by atoms with van der Waals surface area (Å²) in [4.78, 5) is 5.93. The summed E-state index contributed by atoms with van der Waals surface area (Å²) in [6, 6.07) is 5.45. The summed E-state index contributed by atoms with van der Waals surface area (Å²) in [5, 5.41) is 0.500. The fourth-order valence-corrected chi connectivity index (χ4v) is 3.76. The molecule has 25 heavy (non-hydrogen) atoms. The van der Waals surface area contributed by atoms with E-state index < -0.39 is 16.5 Å². The van der Waals surface area contributed by atoms with Crippen LogP contribution >= 0.6 is 11.3 Å². The van der Waals surface area contributed by atoms with Crippen molar-refractivity contribution in [1.82, 2.24) is 4.98 Å². The van der Waals surface area contributed by atoms with Gasteiger partial charge in [-0.1, -0.05) is 26.8 Å².